The van der Waals surface area contributed by atoms with Crippen LogP contribution < -0.4 is 10.1 Å². The van der Waals surface area contributed by atoms with Gasteiger partial charge in [-0.25, -0.2) is 5.53 Å². The minimum absolute atomic E-state index is 0.104. The minimum Gasteiger partial charge on any atom is -0.497 e. The van der Waals surface area contributed by atoms with Gasteiger partial charge in [-0.2, -0.15) is 5.11 Å². The van der Waals surface area contributed by atoms with E-state index in [0.29, 0.717) is 5.75 Å². The Balaban J connectivity index is 2.82. The van der Waals surface area contributed by atoms with E-state index in [2.05, 4.69) is 10.4 Å². The third-order valence-electron chi connectivity index (χ3n) is 2.34. The summed E-state index contributed by atoms with van der Waals surface area (Å²) in [4.78, 5) is 11.7. The average Bonchev–Trinajstić information content (AvgIpc) is 2.39. The molecule has 0 atom stereocenters. The van der Waals surface area contributed by atoms with Crippen LogP contribution in [0.2, 0.25) is 0 Å². The van der Waals surface area contributed by atoms with Crippen molar-refractivity contribution in [3.05, 3.63) is 36.2 Å². The van der Waals surface area contributed by atoms with Crippen molar-refractivity contribution in [2.75, 3.05) is 12.4 Å². The summed E-state index contributed by atoms with van der Waals surface area (Å²) >= 11 is 0. The van der Waals surface area contributed by atoms with Crippen LogP contribution in [0.25, 0.3) is 0 Å². The summed E-state index contributed by atoms with van der Waals surface area (Å²) in [6, 6.07) is 7.28. The van der Waals surface area contributed by atoms with Crippen LogP contribution in [-0.4, -0.2) is 12.9 Å². The van der Waals surface area contributed by atoms with Crippen LogP contribution in [0, 0.1) is 11.4 Å². The Kier molecular flexibility index (Phi) is 5.05. The zero-order valence-electron chi connectivity index (χ0n) is 10.7. The van der Waals surface area contributed by atoms with Gasteiger partial charge in [-0.05, 0) is 12.1 Å². The summed E-state index contributed by atoms with van der Waals surface area (Å²) in [7, 11) is 1.59. The number of ketones is 1. The van der Waals surface area contributed by atoms with Crippen LogP contribution in [0.5, 0.6) is 5.75 Å². The maximum absolute atomic E-state index is 11.7. The first kappa shape index (κ1) is 13.9. The van der Waals surface area contributed by atoms with E-state index in [4.69, 9.17) is 10.3 Å². The second kappa shape index (κ2) is 6.54. The number of carbonyl (C=O) groups excluding carboxylic acids is 1. The van der Waals surface area contributed by atoms with Crippen molar-refractivity contribution in [3.8, 4) is 5.75 Å². The molecule has 0 radical (unpaired) electrons. The molecular formula is C13H17N3O2. The third-order valence-corrected chi connectivity index (χ3v) is 2.34. The highest BCUT2D eigenvalue weighted by Gasteiger charge is 2.12. The molecule has 0 saturated heterocycles. The zero-order valence-corrected chi connectivity index (χ0v) is 10.7. The number of carbonyl (C=O) groups is 1. The van der Waals surface area contributed by atoms with Gasteiger partial charge in [-0.3, -0.25) is 4.79 Å². The Bertz CT molecular complexity index is 467. The maximum Gasteiger partial charge on any atom is 0.187 e. The standard InChI is InChI=1S/C13H17N3O2/c1-9(2)13(17)12(16-14)8-15-10-5-4-6-11(7-10)18-3/h4-9,14-15H,1-3H3/b12-8-,16-14?. The lowest BCUT2D eigenvalue weighted by Crippen LogP contribution is -2.09. The first-order chi connectivity index (χ1) is 8.58. The number of methoxy groups -OCH3 is 1. The molecule has 96 valence electrons. The molecule has 0 spiro atoms. The maximum atomic E-state index is 11.7. The molecule has 0 fully saturated rings. The molecule has 0 saturated carbocycles. The van der Waals surface area contributed by atoms with Crippen LogP contribution >= 0.6 is 0 Å². The Morgan fingerprint density at radius 1 is 1.50 bits per heavy atom. The fourth-order valence-electron chi connectivity index (χ4n) is 1.32. The van der Waals surface area contributed by atoms with Crippen molar-refractivity contribution >= 4 is 11.5 Å². The van der Waals surface area contributed by atoms with Crippen molar-refractivity contribution in [2.24, 2.45) is 11.0 Å². The number of rotatable bonds is 6. The molecule has 1 aromatic rings. The minimum atomic E-state index is -0.183. The molecular weight excluding hydrogens is 230 g/mol. The van der Waals surface area contributed by atoms with E-state index in [1.54, 1.807) is 27.0 Å². The predicted octanol–water partition coefficient (Wildman–Crippen LogP) is 3.20. The summed E-state index contributed by atoms with van der Waals surface area (Å²) in [5, 5.41) is 6.16. The van der Waals surface area contributed by atoms with Crippen LogP contribution in [0.4, 0.5) is 5.69 Å². The van der Waals surface area contributed by atoms with E-state index < -0.39 is 0 Å². The Morgan fingerprint density at radius 3 is 2.78 bits per heavy atom. The van der Waals surface area contributed by atoms with Gasteiger partial charge in [0, 0.05) is 23.9 Å². The summed E-state index contributed by atoms with van der Waals surface area (Å²) in [5.74, 6) is 0.366. The topological polar surface area (TPSA) is 74.5 Å². The lowest BCUT2D eigenvalue weighted by molar-refractivity contribution is -0.118. The molecule has 0 aliphatic rings. The van der Waals surface area contributed by atoms with E-state index in [-0.39, 0.29) is 17.4 Å². The van der Waals surface area contributed by atoms with Crippen molar-refractivity contribution in [1.82, 2.24) is 0 Å². The van der Waals surface area contributed by atoms with Gasteiger partial charge in [-0.1, -0.05) is 19.9 Å². The van der Waals surface area contributed by atoms with E-state index in [9.17, 15) is 4.79 Å². The fraction of sp³-hybridized carbons (Fsp3) is 0.308. The Morgan fingerprint density at radius 2 is 2.22 bits per heavy atom. The summed E-state index contributed by atoms with van der Waals surface area (Å²) < 4.78 is 5.09. The van der Waals surface area contributed by atoms with Crippen molar-refractivity contribution in [2.45, 2.75) is 13.8 Å². The zero-order chi connectivity index (χ0) is 13.5. The lowest BCUT2D eigenvalue weighted by Gasteiger charge is -2.06. The van der Waals surface area contributed by atoms with Gasteiger partial charge in [0.1, 0.15) is 11.4 Å². The van der Waals surface area contributed by atoms with Crippen molar-refractivity contribution in [3.63, 3.8) is 0 Å². The summed E-state index contributed by atoms with van der Waals surface area (Å²) in [6.07, 6.45) is 1.43. The van der Waals surface area contributed by atoms with Gasteiger partial charge in [0.05, 0.1) is 7.11 Å². The molecule has 0 amide bonds. The fourth-order valence-corrected chi connectivity index (χ4v) is 1.32. The van der Waals surface area contributed by atoms with Crippen molar-refractivity contribution in [1.29, 1.82) is 5.53 Å². The van der Waals surface area contributed by atoms with Gasteiger partial charge in [-0.15, -0.1) is 0 Å². The van der Waals surface area contributed by atoms with Crippen LogP contribution in [-0.2, 0) is 4.79 Å². The monoisotopic (exact) mass is 247 g/mol. The number of hydrogen-bond donors (Lipinski definition) is 2. The molecule has 2 N–H and O–H groups in total. The number of ether oxygens (including phenoxy) is 1. The Hall–Kier alpha value is -2.17. The lowest BCUT2D eigenvalue weighted by atomic mass is 10.1. The predicted molar refractivity (Wildman–Crippen MR) is 69.7 cm³/mol. The van der Waals surface area contributed by atoms with Crippen LogP contribution in [0.3, 0.4) is 0 Å². The molecule has 5 heteroatoms. The number of anilines is 1. The van der Waals surface area contributed by atoms with Gasteiger partial charge in [0.2, 0.25) is 0 Å². The SMILES string of the molecule is COc1cccc(N/C=C(\N=N)C(=O)C(C)C)c1. The molecule has 0 bridgehead atoms. The number of nitrogens with zero attached hydrogens (tertiary/aromatic N) is 1. The number of benzene rings is 1. The highest BCUT2D eigenvalue weighted by molar-refractivity contribution is 5.96. The number of hydrogen-bond acceptors (Lipinski definition) is 5. The van der Waals surface area contributed by atoms with Gasteiger partial charge >= 0.3 is 0 Å². The molecule has 0 heterocycles. The molecule has 1 rings (SSSR count). The number of nitrogens with one attached hydrogen (secondary N) is 2. The second-order valence-electron chi connectivity index (χ2n) is 4.04. The number of allylic oxidation sites excluding steroid dienone is 1. The van der Waals surface area contributed by atoms with Gasteiger partial charge in [0.15, 0.2) is 5.78 Å². The normalized spacial score (nSPS) is 11.2. The van der Waals surface area contributed by atoms with Gasteiger partial charge in [0.25, 0.3) is 0 Å². The third kappa shape index (κ3) is 3.69. The summed E-state index contributed by atoms with van der Waals surface area (Å²) in [6.45, 7) is 3.54. The smallest absolute Gasteiger partial charge is 0.187 e. The molecule has 18 heavy (non-hydrogen) atoms. The first-order valence-corrected chi connectivity index (χ1v) is 5.61. The molecule has 0 unspecified atom stereocenters. The van der Waals surface area contributed by atoms with Crippen molar-refractivity contribution < 1.29 is 9.53 Å². The molecule has 5 nitrogen and oxygen atoms in total. The van der Waals surface area contributed by atoms with Gasteiger partial charge < -0.3 is 10.1 Å². The molecule has 0 aliphatic carbocycles. The molecule has 0 aromatic heterocycles. The molecule has 1 aromatic carbocycles. The van der Waals surface area contributed by atoms with E-state index in [1.165, 1.54) is 6.20 Å². The highest BCUT2D eigenvalue weighted by Crippen LogP contribution is 2.17. The van der Waals surface area contributed by atoms with E-state index >= 15 is 0 Å². The number of Topliss-reactive ketones (excluding diaryl/α,β-unsaturated/α-hetero) is 1. The highest BCUT2D eigenvalue weighted by atomic mass is 16.5. The van der Waals surface area contributed by atoms with E-state index in [0.717, 1.165) is 5.69 Å². The van der Waals surface area contributed by atoms with Crippen LogP contribution in [0.15, 0.2) is 41.3 Å². The first-order valence-electron chi connectivity index (χ1n) is 5.61. The van der Waals surface area contributed by atoms with E-state index in [1.807, 2.05) is 18.2 Å². The quantitative estimate of drug-likeness (QED) is 0.598. The molecule has 0 aliphatic heterocycles. The average molecular weight is 247 g/mol. The largest absolute Gasteiger partial charge is 0.497 e. The Labute approximate surface area is 106 Å². The second-order valence-corrected chi connectivity index (χ2v) is 4.04. The van der Waals surface area contributed by atoms with Crippen LogP contribution in [0.1, 0.15) is 13.8 Å². The summed E-state index contributed by atoms with van der Waals surface area (Å²) in [5.41, 5.74) is 7.87.